The second-order valence-electron chi connectivity index (χ2n) is 7.22. The number of nitrogens with zero attached hydrogens (tertiary/aromatic N) is 3. The van der Waals surface area contributed by atoms with Crippen molar-refractivity contribution in [2.45, 2.75) is 18.5 Å². The highest BCUT2D eigenvalue weighted by Gasteiger charge is 2.70. The predicted molar refractivity (Wildman–Crippen MR) is 104 cm³/mol. The molecule has 1 atom stereocenters. The van der Waals surface area contributed by atoms with Gasteiger partial charge in [-0.2, -0.15) is 13.2 Å². The molecule has 2 N–H and O–H groups in total. The summed E-state index contributed by atoms with van der Waals surface area (Å²) < 4.78 is 46.1. The Labute approximate surface area is 171 Å². The van der Waals surface area contributed by atoms with E-state index in [1.807, 2.05) is 5.32 Å². The van der Waals surface area contributed by atoms with Gasteiger partial charge in [-0.1, -0.05) is 18.2 Å². The number of amides is 1. The van der Waals surface area contributed by atoms with Crippen LogP contribution in [-0.2, 0) is 24.3 Å². The van der Waals surface area contributed by atoms with Crippen LogP contribution in [0, 0.1) is 6.92 Å². The standard InChI is InChI=1S/C19H16F3N5O4/c1-9-11(15(29)27(24-9)10-7-5-4-6-8-10)18(19(20,21)22)12-13(23-16(18)30)25(2)17(31)26(3)14(12)28/h4-8,24H,1-3H3,(H,23,30)/t18-/m0/s1. The minimum Gasteiger partial charge on any atom is -0.310 e. The lowest BCUT2D eigenvalue weighted by Gasteiger charge is -2.28. The number of alkyl halides is 3. The molecule has 1 aromatic carbocycles. The Morgan fingerprint density at radius 2 is 1.52 bits per heavy atom. The Balaban J connectivity index is 2.20. The van der Waals surface area contributed by atoms with Crippen LogP contribution in [0.3, 0.4) is 0 Å². The number of hydrogen-bond donors (Lipinski definition) is 2. The van der Waals surface area contributed by atoms with Crippen molar-refractivity contribution in [3.8, 4) is 5.69 Å². The van der Waals surface area contributed by atoms with Gasteiger partial charge in [0.05, 0.1) is 16.8 Å². The SMILES string of the molecule is Cc1[nH]n(-c2ccccc2)c(=O)c1[C@@]1(C(F)(F)F)C(=O)Nc2c1c(=O)n(C)c(=O)n2C. The van der Waals surface area contributed by atoms with Crippen LogP contribution in [0.1, 0.15) is 16.8 Å². The van der Waals surface area contributed by atoms with Crippen LogP contribution in [0.5, 0.6) is 0 Å². The summed E-state index contributed by atoms with van der Waals surface area (Å²) >= 11 is 0. The zero-order valence-corrected chi connectivity index (χ0v) is 16.5. The van der Waals surface area contributed by atoms with Crippen molar-refractivity contribution >= 4 is 11.7 Å². The van der Waals surface area contributed by atoms with Crippen LogP contribution in [0.25, 0.3) is 5.69 Å². The predicted octanol–water partition coefficient (Wildman–Crippen LogP) is 0.672. The van der Waals surface area contributed by atoms with Crippen molar-refractivity contribution in [3.05, 3.63) is 78.3 Å². The third kappa shape index (κ3) is 2.44. The first-order chi connectivity index (χ1) is 14.4. The van der Waals surface area contributed by atoms with Gasteiger partial charge >= 0.3 is 11.9 Å². The lowest BCUT2D eigenvalue weighted by Crippen LogP contribution is -2.55. The molecule has 0 spiro atoms. The lowest BCUT2D eigenvalue weighted by molar-refractivity contribution is -0.181. The van der Waals surface area contributed by atoms with Gasteiger partial charge in [0.2, 0.25) is 5.41 Å². The first-order valence-corrected chi connectivity index (χ1v) is 9.00. The molecule has 1 amide bonds. The van der Waals surface area contributed by atoms with Gasteiger partial charge in [0, 0.05) is 19.8 Å². The van der Waals surface area contributed by atoms with Crippen molar-refractivity contribution < 1.29 is 18.0 Å². The van der Waals surface area contributed by atoms with E-state index in [9.17, 15) is 32.3 Å². The molecule has 0 fully saturated rings. The molecule has 12 heteroatoms. The molecule has 4 rings (SSSR count). The first-order valence-electron chi connectivity index (χ1n) is 9.00. The van der Waals surface area contributed by atoms with Gasteiger partial charge in [-0.15, -0.1) is 0 Å². The number of hydrogen-bond acceptors (Lipinski definition) is 4. The maximum atomic E-state index is 14.7. The monoisotopic (exact) mass is 435 g/mol. The topological polar surface area (TPSA) is 111 Å². The molecule has 0 aliphatic carbocycles. The van der Waals surface area contributed by atoms with E-state index >= 15 is 0 Å². The molecule has 0 bridgehead atoms. The molecule has 3 heterocycles. The van der Waals surface area contributed by atoms with E-state index in [0.29, 0.717) is 4.57 Å². The molecule has 162 valence electrons. The van der Waals surface area contributed by atoms with Gasteiger partial charge in [-0.05, 0) is 19.1 Å². The molecule has 0 saturated heterocycles. The summed E-state index contributed by atoms with van der Waals surface area (Å²) in [6.45, 7) is 1.21. The Kier molecular flexibility index (Phi) is 4.18. The Bertz CT molecular complexity index is 1410. The van der Waals surface area contributed by atoms with E-state index < -0.39 is 51.3 Å². The summed E-state index contributed by atoms with van der Waals surface area (Å²) in [6, 6.07) is 7.81. The summed E-state index contributed by atoms with van der Waals surface area (Å²) in [5, 5.41) is 4.56. The fourth-order valence-electron chi connectivity index (χ4n) is 4.04. The van der Waals surface area contributed by atoms with Crippen LogP contribution >= 0.6 is 0 Å². The smallest absolute Gasteiger partial charge is 0.310 e. The fraction of sp³-hybridized carbons (Fsp3) is 0.263. The highest BCUT2D eigenvalue weighted by molar-refractivity contribution is 6.08. The second-order valence-corrected chi connectivity index (χ2v) is 7.22. The third-order valence-corrected chi connectivity index (χ3v) is 5.50. The lowest BCUT2D eigenvalue weighted by atomic mass is 9.75. The van der Waals surface area contributed by atoms with Gasteiger partial charge < -0.3 is 5.32 Å². The molecule has 2 aromatic heterocycles. The molecule has 1 aliphatic heterocycles. The number of rotatable bonds is 2. The number of carbonyl (C=O) groups excluding carboxylic acids is 1. The Morgan fingerprint density at radius 1 is 0.903 bits per heavy atom. The number of aromatic amines is 1. The van der Waals surface area contributed by atoms with Crippen molar-refractivity contribution in [2.24, 2.45) is 14.1 Å². The number of aromatic nitrogens is 4. The molecular weight excluding hydrogens is 419 g/mol. The largest absolute Gasteiger partial charge is 0.411 e. The summed E-state index contributed by atoms with van der Waals surface area (Å²) in [4.78, 5) is 51.2. The van der Waals surface area contributed by atoms with Crippen LogP contribution in [0.15, 0.2) is 44.7 Å². The van der Waals surface area contributed by atoms with Crippen LogP contribution in [-0.4, -0.2) is 31.0 Å². The molecule has 9 nitrogen and oxygen atoms in total. The Morgan fingerprint density at radius 3 is 2.10 bits per heavy atom. The number of halogens is 3. The number of anilines is 1. The van der Waals surface area contributed by atoms with E-state index in [1.54, 1.807) is 18.2 Å². The highest BCUT2D eigenvalue weighted by atomic mass is 19.4. The first kappa shape index (κ1) is 20.4. The highest BCUT2D eigenvalue weighted by Crippen LogP contribution is 2.50. The average molecular weight is 435 g/mol. The summed E-state index contributed by atoms with van der Waals surface area (Å²) in [7, 11) is 2.13. The minimum atomic E-state index is -5.37. The number of aryl methyl sites for hydroxylation is 1. The number of para-hydroxylation sites is 1. The van der Waals surface area contributed by atoms with Gasteiger partial charge in [0.15, 0.2) is 0 Å². The van der Waals surface area contributed by atoms with E-state index in [0.717, 1.165) is 23.3 Å². The zero-order valence-electron chi connectivity index (χ0n) is 16.5. The number of fused-ring (bicyclic) bond motifs is 1. The molecule has 31 heavy (non-hydrogen) atoms. The van der Waals surface area contributed by atoms with E-state index in [-0.39, 0.29) is 11.4 Å². The molecule has 3 aromatic rings. The van der Waals surface area contributed by atoms with Crippen molar-refractivity contribution in [1.82, 2.24) is 18.9 Å². The van der Waals surface area contributed by atoms with Crippen LogP contribution in [0.4, 0.5) is 19.0 Å². The minimum absolute atomic E-state index is 0.242. The molecule has 0 unspecified atom stereocenters. The van der Waals surface area contributed by atoms with Gasteiger partial charge in [0.25, 0.3) is 17.0 Å². The molecule has 1 aliphatic rings. The van der Waals surface area contributed by atoms with Gasteiger partial charge in [-0.3, -0.25) is 28.6 Å². The van der Waals surface area contributed by atoms with Crippen LogP contribution in [0.2, 0.25) is 0 Å². The van der Waals surface area contributed by atoms with E-state index in [2.05, 4.69) is 5.10 Å². The van der Waals surface area contributed by atoms with Crippen molar-refractivity contribution in [1.29, 1.82) is 0 Å². The summed E-state index contributed by atoms with van der Waals surface area (Å²) in [6.07, 6.45) is -5.37. The van der Waals surface area contributed by atoms with Gasteiger partial charge in [0.1, 0.15) is 5.82 Å². The molecular formula is C19H16F3N5O4. The van der Waals surface area contributed by atoms with E-state index in [4.69, 9.17) is 0 Å². The number of H-pyrrole nitrogens is 1. The second kappa shape index (κ2) is 6.33. The van der Waals surface area contributed by atoms with E-state index in [1.165, 1.54) is 19.1 Å². The Hall–Kier alpha value is -3.83. The summed E-state index contributed by atoms with van der Waals surface area (Å²) in [5.41, 5.74) is -8.93. The maximum absolute atomic E-state index is 14.7. The van der Waals surface area contributed by atoms with Crippen LogP contribution < -0.4 is 22.1 Å². The number of benzene rings is 1. The normalized spacial score (nSPS) is 18.2. The quantitative estimate of drug-likeness (QED) is 0.617. The van der Waals surface area contributed by atoms with Gasteiger partial charge in [-0.25, -0.2) is 9.48 Å². The average Bonchev–Trinajstić information content (AvgIpc) is 3.19. The molecule has 0 radical (unpaired) electrons. The maximum Gasteiger partial charge on any atom is 0.411 e. The zero-order chi connectivity index (χ0) is 22.9. The number of nitrogens with one attached hydrogen (secondary N) is 2. The fourth-order valence-corrected chi connectivity index (χ4v) is 4.04. The third-order valence-electron chi connectivity index (χ3n) is 5.50. The van der Waals surface area contributed by atoms with Crippen molar-refractivity contribution in [3.63, 3.8) is 0 Å². The van der Waals surface area contributed by atoms with Crippen molar-refractivity contribution in [2.75, 3.05) is 5.32 Å². The number of carbonyl (C=O) groups is 1. The molecule has 0 saturated carbocycles. The summed E-state index contributed by atoms with van der Waals surface area (Å²) in [5.74, 6) is -2.23.